The zero-order valence-corrected chi connectivity index (χ0v) is 48.2. The second-order valence-electron chi connectivity index (χ2n) is 18.2. The molecule has 18 N–H and O–H groups in total. The van der Waals surface area contributed by atoms with Crippen LogP contribution in [-0.4, -0.2) is 301 Å². The van der Waals surface area contributed by atoms with Gasteiger partial charge in [-0.15, -0.1) is 6.42 Å². The summed E-state index contributed by atoms with van der Waals surface area (Å²) in [6, 6.07) is -5.00. The van der Waals surface area contributed by atoms with Crippen molar-refractivity contribution in [1.82, 2.24) is 29.9 Å². The fraction of sp³-hybridized carbons (Fsp3) is 0.708. The first-order valence-corrected chi connectivity index (χ1v) is 27.7. The highest BCUT2D eigenvalue weighted by molar-refractivity contribution is 7.86. The van der Waals surface area contributed by atoms with Crippen molar-refractivity contribution in [3.63, 3.8) is 0 Å². The molecule has 0 spiro atoms. The topological polar surface area (TPSA) is 534 Å². The van der Waals surface area contributed by atoms with Crippen LogP contribution in [0.2, 0.25) is 0 Å². The van der Waals surface area contributed by atoms with Crippen LogP contribution in [0.15, 0.2) is 33.7 Å². The monoisotopic (exact) mass is 1240 g/mol. The average Bonchev–Trinajstić information content (AvgIpc) is 2.46. The number of carbonyl (C=O) groups excluding carboxylic acids is 4. The molecule has 0 aromatic carbocycles. The van der Waals surface area contributed by atoms with Crippen LogP contribution in [0.4, 0.5) is 0 Å². The van der Waals surface area contributed by atoms with Crippen LogP contribution in [0.25, 0.3) is 0 Å². The molecule has 36 nitrogen and oxygen atoms in total. The molecule has 0 aliphatic carbocycles. The van der Waals surface area contributed by atoms with Crippen LogP contribution in [0.1, 0.15) is 13.8 Å². The van der Waals surface area contributed by atoms with Crippen LogP contribution in [0.5, 0.6) is 0 Å². The van der Waals surface area contributed by atoms with E-state index in [0.29, 0.717) is 19.8 Å². The highest BCUT2D eigenvalue weighted by atomic mass is 32.2. The molecular weight excluding hydrogens is 1160 g/mol. The Hall–Kier alpha value is -6.61. The number of aliphatic hydroxyl groups is 4. The summed E-state index contributed by atoms with van der Waals surface area (Å²) in [6.07, 6.45) is -2.81. The average molecular weight is 1240 g/mol. The first kappa shape index (κ1) is 74.5. The van der Waals surface area contributed by atoms with Gasteiger partial charge in [0.1, 0.15) is 44.2 Å². The molecule has 484 valence electrons. The van der Waals surface area contributed by atoms with E-state index in [1.54, 1.807) is 0 Å². The van der Waals surface area contributed by atoms with Gasteiger partial charge in [-0.3, -0.25) is 19.2 Å². The van der Waals surface area contributed by atoms with Gasteiger partial charge in [0.15, 0.2) is 24.1 Å². The van der Waals surface area contributed by atoms with Gasteiger partial charge in [0.25, 0.3) is 10.2 Å². The summed E-state index contributed by atoms with van der Waals surface area (Å²) in [5, 5.41) is 70.5. The number of hydrogen-bond acceptors (Lipinski definition) is 24. The van der Waals surface area contributed by atoms with Crippen molar-refractivity contribution in [3.8, 4) is 12.3 Å². The molecule has 0 bridgehead atoms. The molecule has 0 fully saturated rings. The van der Waals surface area contributed by atoms with E-state index in [0.717, 1.165) is 34.6 Å². The molecule has 0 saturated carbocycles. The van der Waals surface area contributed by atoms with E-state index in [1.807, 2.05) is 0 Å². The van der Waals surface area contributed by atoms with Crippen molar-refractivity contribution in [2.75, 3.05) is 145 Å². The number of ether oxygens (including phenoxy) is 10. The number of nitrogens with one attached hydrogen (secondary N) is 4. The second kappa shape index (κ2) is 40.7. The first-order chi connectivity index (χ1) is 40.4. The lowest BCUT2D eigenvalue weighted by Crippen LogP contribution is -2.60. The molecule has 10 atom stereocenters. The smallest absolute Gasteiger partial charge is 0.370 e. The maximum Gasteiger partial charge on any atom is 0.370 e. The number of aliphatic carboxylic acids is 2. The summed E-state index contributed by atoms with van der Waals surface area (Å²) >= 11 is 0. The largest absolute Gasteiger partial charge is 0.478 e. The maximum absolute atomic E-state index is 13.9. The molecular formula is C48H82N12O24S. The fourth-order valence-electron chi connectivity index (χ4n) is 7.80. The number of aliphatic hydroxyl groups excluding tert-OH is 4. The Kier molecular flexibility index (Phi) is 35.6. The summed E-state index contributed by atoms with van der Waals surface area (Å²) in [5.41, 5.74) is 22.1. The van der Waals surface area contributed by atoms with E-state index in [4.69, 9.17) is 76.7 Å². The minimum Gasteiger partial charge on any atom is -0.478 e. The normalized spacial score (nSPS) is 20.0. The number of hydrogen-bond donors (Lipinski definition) is 14. The van der Waals surface area contributed by atoms with Gasteiger partial charge in [0.2, 0.25) is 35.1 Å². The standard InChI is InChI=1S/C48H82N12O24S/c1-5-11-75-17-19-79-21-22-80-20-18-78-14-8-59(4)85(73,74)60(9-15-76-12-6-53-37(67)27-81-41(33(65)25-61)43-39(55-29(2)63)31(57-47(49)50)23-35(83-43)45(69)70)10-16-77-13-7-54-38(68)28-82-42(34(66)26-62)44-40(56-30(3)64)32(58-48(51)52)24-36(84-44)46(71)72/h1,23-24,31-34,39-44,61-62,65-66H,6-22,25-28H2,2-4H3,(H,53,67)(H,54,68)(H,55,63)(H,56,64)(H,69,70)(H,71,72)(H4,49,50,57)(H4,51,52,58)/t31-,32-,33+,34+,39+,40+,41+,42+,43+,44+/m0/s1. The van der Waals surface area contributed by atoms with Gasteiger partial charge in [-0.05, 0) is 12.2 Å². The second-order valence-corrected chi connectivity index (χ2v) is 20.2. The lowest BCUT2D eigenvalue weighted by atomic mass is 9.92. The number of nitrogens with two attached hydrogens (primary N) is 4. The summed E-state index contributed by atoms with van der Waals surface area (Å²) in [4.78, 5) is 81.9. The number of carbonyl (C=O) groups is 6. The fourth-order valence-corrected chi connectivity index (χ4v) is 9.11. The van der Waals surface area contributed by atoms with E-state index in [1.165, 1.54) is 7.05 Å². The van der Waals surface area contributed by atoms with E-state index in [-0.39, 0.29) is 92.2 Å². The Morgan fingerprint density at radius 2 is 1.00 bits per heavy atom. The van der Waals surface area contributed by atoms with E-state index in [2.05, 4.69) is 37.2 Å². The van der Waals surface area contributed by atoms with Crippen molar-refractivity contribution >= 4 is 57.7 Å². The molecule has 0 saturated heterocycles. The molecule has 0 aromatic rings. The Morgan fingerprint density at radius 3 is 1.35 bits per heavy atom. The molecule has 0 unspecified atom stereocenters. The maximum atomic E-state index is 13.9. The highest BCUT2D eigenvalue weighted by Gasteiger charge is 2.47. The molecule has 2 aliphatic heterocycles. The molecule has 0 radical (unpaired) electrons. The Labute approximate surface area is 490 Å². The summed E-state index contributed by atoms with van der Waals surface area (Å²) in [5.74, 6) is -5.93. The number of nitrogens with zero attached hydrogens (tertiary/aromatic N) is 4. The van der Waals surface area contributed by atoms with Gasteiger partial charge in [-0.2, -0.15) is 17.0 Å². The molecule has 0 aromatic heterocycles. The van der Waals surface area contributed by atoms with E-state index in [9.17, 15) is 67.8 Å². The first-order valence-electron chi connectivity index (χ1n) is 26.3. The molecule has 85 heavy (non-hydrogen) atoms. The van der Waals surface area contributed by atoms with Gasteiger partial charge >= 0.3 is 11.9 Å². The number of likely N-dealkylation sites (N-methyl/N-ethyl adjacent to an activating group) is 1. The lowest BCUT2D eigenvalue weighted by molar-refractivity contribution is -0.158. The van der Waals surface area contributed by atoms with Gasteiger partial charge < -0.3 is 122 Å². The number of carboxylic acids is 2. The minimum atomic E-state index is -4.22. The third-order valence-electron chi connectivity index (χ3n) is 11.6. The van der Waals surface area contributed by atoms with Crippen molar-refractivity contribution < 1.29 is 115 Å². The van der Waals surface area contributed by atoms with Crippen LogP contribution < -0.4 is 44.2 Å². The molecule has 2 rings (SSSR count). The Bertz CT molecular complexity index is 2250. The van der Waals surface area contributed by atoms with Gasteiger partial charge in [0.05, 0.1) is 110 Å². The van der Waals surface area contributed by atoms with Crippen molar-refractivity contribution in [1.29, 1.82) is 0 Å². The molecule has 2 aliphatic rings. The van der Waals surface area contributed by atoms with Crippen molar-refractivity contribution in [2.24, 2.45) is 32.9 Å². The summed E-state index contributed by atoms with van der Waals surface area (Å²) in [6.45, 7) is -1.02. The van der Waals surface area contributed by atoms with Crippen LogP contribution in [0, 0.1) is 12.3 Å². The number of aliphatic imine (C=N–C) groups is 2. The van der Waals surface area contributed by atoms with Crippen LogP contribution in [0.3, 0.4) is 0 Å². The predicted octanol–water partition coefficient (Wildman–Crippen LogP) is -9.07. The predicted molar refractivity (Wildman–Crippen MR) is 294 cm³/mol. The molecule has 2 heterocycles. The number of terminal acetylenes is 1. The van der Waals surface area contributed by atoms with E-state index < -0.39 is 156 Å². The third-order valence-corrected chi connectivity index (χ3v) is 13.6. The van der Waals surface area contributed by atoms with Crippen LogP contribution >= 0.6 is 0 Å². The number of carboxylic acid groups (broad SMARTS) is 2. The number of rotatable bonds is 45. The van der Waals surface area contributed by atoms with Crippen molar-refractivity contribution in [3.05, 3.63) is 23.7 Å². The highest BCUT2D eigenvalue weighted by Crippen LogP contribution is 2.28. The number of amides is 4. The quantitative estimate of drug-likeness (QED) is 0.0117. The number of guanidine groups is 2. The third kappa shape index (κ3) is 28.4. The lowest BCUT2D eigenvalue weighted by Gasteiger charge is -2.40. The Balaban J connectivity index is 2.05. The van der Waals surface area contributed by atoms with Gasteiger partial charge in [-0.25, -0.2) is 19.6 Å². The van der Waals surface area contributed by atoms with Crippen molar-refractivity contribution in [2.45, 2.75) is 74.6 Å². The van der Waals surface area contributed by atoms with Crippen LogP contribution in [-0.2, 0) is 86.3 Å². The van der Waals surface area contributed by atoms with Gasteiger partial charge in [0, 0.05) is 53.6 Å². The SMILES string of the molecule is C#CCOCCOCCOCCOCCN(C)S(=O)(=O)N(CCOCCNC(=O)CO[C@@H]([C@@H]1OC(C(=O)O)=C[C@H](N=C(N)N)[C@H]1NC(C)=O)[C@H](O)CO)CCOCCNC(=O)CO[C@@H]([C@@H]1OC(C(=O)O)=C[C@H](N=C(N)N)[C@H]1NC(C)=O)[C@H](O)CO. The Morgan fingerprint density at radius 1 is 0.635 bits per heavy atom. The zero-order chi connectivity index (χ0) is 63.5. The zero-order valence-electron chi connectivity index (χ0n) is 47.4. The summed E-state index contributed by atoms with van der Waals surface area (Å²) in [7, 11) is -2.90. The minimum absolute atomic E-state index is 0.0138. The van der Waals surface area contributed by atoms with Gasteiger partial charge in [-0.1, -0.05) is 5.92 Å². The summed E-state index contributed by atoms with van der Waals surface area (Å²) < 4.78 is 85.0. The van der Waals surface area contributed by atoms with E-state index >= 15 is 0 Å². The molecule has 37 heteroatoms. The molecule has 4 amide bonds.